The number of rotatable bonds is 7. The zero-order valence-corrected chi connectivity index (χ0v) is 21.9. The van der Waals surface area contributed by atoms with Crippen molar-refractivity contribution in [3.63, 3.8) is 0 Å². The van der Waals surface area contributed by atoms with Crippen LogP contribution < -0.4 is 4.74 Å². The Bertz CT molecular complexity index is 1720. The fourth-order valence-corrected chi connectivity index (χ4v) is 4.68. The molecule has 6 rings (SSSR count). The second-order valence-electron chi connectivity index (χ2n) is 9.99. The van der Waals surface area contributed by atoms with Crippen LogP contribution in [0.25, 0.3) is 33.8 Å². The number of alkyl halides is 3. The summed E-state index contributed by atoms with van der Waals surface area (Å²) in [6.45, 7) is 3.75. The van der Waals surface area contributed by atoms with Crippen molar-refractivity contribution >= 4 is 11.0 Å². The number of benzene rings is 1. The van der Waals surface area contributed by atoms with Gasteiger partial charge in [0.1, 0.15) is 23.5 Å². The van der Waals surface area contributed by atoms with Crippen LogP contribution >= 0.6 is 0 Å². The van der Waals surface area contributed by atoms with Crippen molar-refractivity contribution in [2.75, 3.05) is 7.11 Å². The van der Waals surface area contributed by atoms with Crippen LogP contribution in [0, 0.1) is 0 Å². The molecule has 0 amide bonds. The van der Waals surface area contributed by atoms with Crippen LogP contribution in [-0.4, -0.2) is 51.5 Å². The third kappa shape index (κ3) is 4.61. The van der Waals surface area contributed by atoms with Crippen LogP contribution in [0.3, 0.4) is 0 Å². The zero-order chi connectivity index (χ0) is 28.2. The molecule has 0 atom stereocenters. The number of aromatic hydroxyl groups is 1. The van der Waals surface area contributed by atoms with E-state index in [-0.39, 0.29) is 29.7 Å². The molecule has 0 aliphatic heterocycles. The molecule has 206 valence electrons. The highest BCUT2D eigenvalue weighted by Gasteiger charge is 2.36. The van der Waals surface area contributed by atoms with E-state index in [1.165, 1.54) is 17.0 Å². The lowest BCUT2D eigenvalue weighted by molar-refractivity contribution is -0.140. The first-order valence-corrected chi connectivity index (χ1v) is 12.7. The lowest BCUT2D eigenvalue weighted by Gasteiger charge is -2.13. The number of hydrogen-bond acceptors (Lipinski definition) is 8. The van der Waals surface area contributed by atoms with E-state index in [1.54, 1.807) is 50.2 Å². The highest BCUT2D eigenvalue weighted by molar-refractivity contribution is 5.77. The van der Waals surface area contributed by atoms with Crippen LogP contribution in [0.1, 0.15) is 55.6 Å². The number of phenolic OH excluding ortho intramolecular Hbond substituents is 1. The third-order valence-electron chi connectivity index (χ3n) is 6.81. The number of aromatic nitrogens is 8. The summed E-state index contributed by atoms with van der Waals surface area (Å²) < 4.78 is 48.6. The van der Waals surface area contributed by atoms with Crippen molar-refractivity contribution in [2.24, 2.45) is 0 Å². The van der Waals surface area contributed by atoms with Crippen LogP contribution in [0.5, 0.6) is 11.6 Å². The standard InChI is InChI=1S/C27H25F3N8O2/c1-14(2)37-12-20(27(28,29)30)35-25(37)18-7-4-15(8-19(18)39)11-38-24-17(10-34-38)9-31-23(36-24)21-22(16-5-6-16)32-13-33-26(21)40-3/h4,7-10,12-14,16,39H,5-6,11H2,1-3H3. The van der Waals surface area contributed by atoms with Gasteiger partial charge in [-0.05, 0) is 44.4 Å². The minimum atomic E-state index is -4.60. The zero-order valence-electron chi connectivity index (χ0n) is 21.9. The second kappa shape index (κ2) is 9.57. The van der Waals surface area contributed by atoms with E-state index in [2.05, 4.69) is 25.0 Å². The van der Waals surface area contributed by atoms with E-state index in [9.17, 15) is 18.3 Å². The molecule has 1 aliphatic carbocycles. The summed E-state index contributed by atoms with van der Waals surface area (Å²) in [5.41, 5.74) is 1.93. The first-order valence-electron chi connectivity index (χ1n) is 12.7. The molecule has 4 heterocycles. The maximum absolute atomic E-state index is 13.3. The molecule has 1 saturated carbocycles. The molecule has 1 aliphatic rings. The fourth-order valence-electron chi connectivity index (χ4n) is 4.68. The Balaban J connectivity index is 1.35. The van der Waals surface area contributed by atoms with Gasteiger partial charge in [-0.1, -0.05) is 6.07 Å². The Morgan fingerprint density at radius 1 is 1.10 bits per heavy atom. The van der Waals surface area contributed by atoms with E-state index in [1.807, 2.05) is 0 Å². The maximum atomic E-state index is 13.3. The van der Waals surface area contributed by atoms with Gasteiger partial charge in [-0.2, -0.15) is 18.3 Å². The average molecular weight is 551 g/mol. The lowest BCUT2D eigenvalue weighted by atomic mass is 10.1. The minimum Gasteiger partial charge on any atom is -0.507 e. The number of fused-ring (bicyclic) bond motifs is 1. The quantitative estimate of drug-likeness (QED) is 0.287. The predicted octanol–water partition coefficient (Wildman–Crippen LogP) is 5.39. The Morgan fingerprint density at radius 2 is 1.90 bits per heavy atom. The van der Waals surface area contributed by atoms with E-state index < -0.39 is 11.9 Å². The topological polar surface area (TPSA) is 117 Å². The van der Waals surface area contributed by atoms with E-state index in [0.717, 1.165) is 24.7 Å². The van der Waals surface area contributed by atoms with Crippen molar-refractivity contribution in [1.82, 2.24) is 39.3 Å². The number of nitrogens with zero attached hydrogens (tertiary/aromatic N) is 8. The molecule has 0 unspecified atom stereocenters. The number of halogens is 3. The van der Waals surface area contributed by atoms with Crippen molar-refractivity contribution in [1.29, 1.82) is 0 Å². The van der Waals surface area contributed by atoms with Crippen molar-refractivity contribution in [3.8, 4) is 34.4 Å². The van der Waals surface area contributed by atoms with Gasteiger partial charge in [-0.3, -0.25) is 0 Å². The average Bonchev–Trinajstić information content (AvgIpc) is 3.54. The first-order chi connectivity index (χ1) is 19.1. The number of ether oxygens (including phenoxy) is 1. The van der Waals surface area contributed by atoms with Gasteiger partial charge in [0, 0.05) is 24.4 Å². The summed E-state index contributed by atoms with van der Waals surface area (Å²) in [4.78, 5) is 21.8. The monoisotopic (exact) mass is 550 g/mol. The van der Waals surface area contributed by atoms with Crippen molar-refractivity contribution < 1.29 is 23.0 Å². The van der Waals surface area contributed by atoms with Crippen LogP contribution in [-0.2, 0) is 12.7 Å². The Hall–Kier alpha value is -4.55. The molecule has 40 heavy (non-hydrogen) atoms. The SMILES string of the molecule is COc1ncnc(C2CC2)c1-c1ncc2cnn(Cc3ccc(-c4nc(C(F)(F)F)cn4C(C)C)c(O)c3)c2n1. The summed E-state index contributed by atoms with van der Waals surface area (Å²) in [6.07, 6.45) is 3.22. The summed E-state index contributed by atoms with van der Waals surface area (Å²) in [5.74, 6) is 0.990. The Morgan fingerprint density at radius 3 is 2.58 bits per heavy atom. The molecule has 0 spiro atoms. The first kappa shape index (κ1) is 25.7. The molecular formula is C27H25F3N8O2. The Labute approximate surface area is 226 Å². The van der Waals surface area contributed by atoms with E-state index in [0.29, 0.717) is 39.8 Å². The summed E-state index contributed by atoms with van der Waals surface area (Å²) in [6, 6.07) is 4.48. The van der Waals surface area contributed by atoms with Gasteiger partial charge < -0.3 is 14.4 Å². The van der Waals surface area contributed by atoms with Gasteiger partial charge in [0.25, 0.3) is 0 Å². The van der Waals surface area contributed by atoms with Crippen LogP contribution in [0.15, 0.2) is 43.1 Å². The third-order valence-corrected chi connectivity index (χ3v) is 6.81. The van der Waals surface area contributed by atoms with E-state index >= 15 is 0 Å². The van der Waals surface area contributed by atoms with Crippen LogP contribution in [0.2, 0.25) is 0 Å². The molecule has 1 fully saturated rings. The van der Waals surface area contributed by atoms with Gasteiger partial charge in [0.2, 0.25) is 5.88 Å². The predicted molar refractivity (Wildman–Crippen MR) is 139 cm³/mol. The summed E-state index contributed by atoms with van der Waals surface area (Å²) >= 11 is 0. The Kier molecular flexibility index (Phi) is 6.15. The number of methoxy groups -OCH3 is 1. The molecule has 0 bridgehead atoms. The molecule has 4 aromatic heterocycles. The molecule has 1 aromatic carbocycles. The van der Waals surface area contributed by atoms with Crippen LogP contribution in [0.4, 0.5) is 13.2 Å². The van der Waals surface area contributed by atoms with Gasteiger partial charge in [-0.25, -0.2) is 29.6 Å². The number of phenols is 1. The van der Waals surface area contributed by atoms with Crippen molar-refractivity contribution in [3.05, 3.63) is 60.1 Å². The molecule has 1 N–H and O–H groups in total. The minimum absolute atomic E-state index is 0.0405. The molecule has 13 heteroatoms. The molecule has 5 aromatic rings. The van der Waals surface area contributed by atoms with Gasteiger partial charge in [-0.15, -0.1) is 0 Å². The van der Waals surface area contributed by atoms with Gasteiger partial charge >= 0.3 is 6.18 Å². The highest BCUT2D eigenvalue weighted by atomic mass is 19.4. The molecular weight excluding hydrogens is 525 g/mol. The smallest absolute Gasteiger partial charge is 0.434 e. The summed E-state index contributed by atoms with van der Waals surface area (Å²) in [5, 5.41) is 16.0. The fraction of sp³-hybridized carbons (Fsp3) is 0.333. The molecule has 0 saturated heterocycles. The van der Waals surface area contributed by atoms with Gasteiger partial charge in [0.05, 0.1) is 36.5 Å². The summed E-state index contributed by atoms with van der Waals surface area (Å²) in [7, 11) is 1.54. The van der Waals surface area contributed by atoms with E-state index in [4.69, 9.17) is 9.72 Å². The normalized spacial score (nSPS) is 13.9. The maximum Gasteiger partial charge on any atom is 0.434 e. The molecule has 0 radical (unpaired) electrons. The highest BCUT2D eigenvalue weighted by Crippen LogP contribution is 2.45. The molecule has 10 nitrogen and oxygen atoms in total. The van der Waals surface area contributed by atoms with Crippen molar-refractivity contribution in [2.45, 2.75) is 51.4 Å². The van der Waals surface area contributed by atoms with Gasteiger partial charge in [0.15, 0.2) is 17.2 Å². The second-order valence-corrected chi connectivity index (χ2v) is 9.99. The number of hydrogen-bond donors (Lipinski definition) is 1. The lowest BCUT2D eigenvalue weighted by Crippen LogP contribution is -2.06. The number of imidazole rings is 1. The largest absolute Gasteiger partial charge is 0.507 e.